The number of non-ortho nitro benzene ring substituents is 1. The molecular weight excluding hydrogens is 492 g/mol. The molecule has 11 nitrogen and oxygen atoms in total. The van der Waals surface area contributed by atoms with E-state index >= 15 is 0 Å². The highest BCUT2D eigenvalue weighted by molar-refractivity contribution is 6.01. The molecule has 0 atom stereocenters. The molecule has 11 heteroatoms. The fraction of sp³-hybridized carbons (Fsp3) is 0.111. The predicted octanol–water partition coefficient (Wildman–Crippen LogP) is 4.94. The Morgan fingerprint density at radius 3 is 2.50 bits per heavy atom. The second-order valence-corrected chi connectivity index (χ2v) is 7.86. The van der Waals surface area contributed by atoms with Gasteiger partial charge in [0.2, 0.25) is 0 Å². The quantitative estimate of drug-likeness (QED) is 0.109. The molecule has 192 valence electrons. The Hall–Kier alpha value is -5.32. The zero-order valence-corrected chi connectivity index (χ0v) is 20.4. The summed E-state index contributed by atoms with van der Waals surface area (Å²) in [5.41, 5.74) is 4.47. The number of aryl methyl sites for hydroxylation is 1. The lowest BCUT2D eigenvalue weighted by Gasteiger charge is -2.11. The number of hydrogen-bond donors (Lipinski definition) is 1. The van der Waals surface area contributed by atoms with Gasteiger partial charge in [0.1, 0.15) is 17.0 Å². The molecule has 0 unspecified atom stereocenters. The van der Waals surface area contributed by atoms with Gasteiger partial charge in [-0.3, -0.25) is 14.9 Å². The molecule has 1 heterocycles. The Kier molecular flexibility index (Phi) is 7.87. The summed E-state index contributed by atoms with van der Waals surface area (Å²) in [6.07, 6.45) is 1.41. The Morgan fingerprint density at radius 2 is 1.82 bits per heavy atom. The first-order valence-electron chi connectivity index (χ1n) is 11.5. The van der Waals surface area contributed by atoms with Crippen molar-refractivity contribution >= 4 is 23.8 Å². The van der Waals surface area contributed by atoms with E-state index in [1.807, 2.05) is 30.3 Å². The number of nitrogens with zero attached hydrogens (tertiary/aromatic N) is 3. The first-order chi connectivity index (χ1) is 18.4. The van der Waals surface area contributed by atoms with E-state index in [1.165, 1.54) is 36.5 Å². The van der Waals surface area contributed by atoms with Crippen molar-refractivity contribution in [2.75, 3.05) is 6.61 Å². The number of esters is 1. The van der Waals surface area contributed by atoms with E-state index in [2.05, 4.69) is 15.7 Å². The first kappa shape index (κ1) is 25.8. The number of nitrogens with one attached hydrogen (secondary N) is 1. The van der Waals surface area contributed by atoms with Crippen molar-refractivity contribution in [1.29, 1.82) is 0 Å². The van der Waals surface area contributed by atoms with E-state index in [1.54, 1.807) is 26.0 Å². The van der Waals surface area contributed by atoms with Gasteiger partial charge in [-0.1, -0.05) is 35.5 Å². The number of aromatic nitrogens is 1. The van der Waals surface area contributed by atoms with Crippen molar-refractivity contribution in [3.63, 3.8) is 0 Å². The molecular formula is C27H22N4O7. The van der Waals surface area contributed by atoms with Crippen LogP contribution in [0.25, 0.3) is 11.3 Å². The maximum absolute atomic E-state index is 12.8. The number of carbonyl (C=O) groups excluding carboxylic acids is 2. The summed E-state index contributed by atoms with van der Waals surface area (Å²) >= 11 is 0. The Morgan fingerprint density at radius 1 is 1.08 bits per heavy atom. The average Bonchev–Trinajstić information content (AvgIpc) is 3.32. The van der Waals surface area contributed by atoms with Gasteiger partial charge in [0.15, 0.2) is 11.5 Å². The molecule has 0 aliphatic heterocycles. The molecule has 0 radical (unpaired) electrons. The summed E-state index contributed by atoms with van der Waals surface area (Å²) in [7, 11) is 0. The first-order valence-corrected chi connectivity index (χ1v) is 11.5. The van der Waals surface area contributed by atoms with Crippen molar-refractivity contribution < 1.29 is 28.5 Å². The molecule has 1 N–H and O–H groups in total. The van der Waals surface area contributed by atoms with Crippen LogP contribution in [0, 0.1) is 17.0 Å². The molecule has 0 bridgehead atoms. The van der Waals surface area contributed by atoms with Crippen molar-refractivity contribution in [2.24, 2.45) is 5.10 Å². The number of carbonyl (C=O) groups is 2. The minimum absolute atomic E-state index is 0.136. The van der Waals surface area contributed by atoms with E-state index in [0.29, 0.717) is 23.6 Å². The van der Waals surface area contributed by atoms with Crippen molar-refractivity contribution in [2.45, 2.75) is 13.8 Å². The number of benzene rings is 3. The Bertz CT molecular complexity index is 1500. The summed E-state index contributed by atoms with van der Waals surface area (Å²) in [5, 5.41) is 18.8. The SMILES string of the molecule is CCOc1cc(/C=N\NC(=O)c2c(-c3ccccc3)noc2C)ccc1OC(=O)c1ccc([N+](=O)[O-])cc1. The van der Waals surface area contributed by atoms with Crippen LogP contribution in [0.2, 0.25) is 0 Å². The maximum Gasteiger partial charge on any atom is 0.343 e. The van der Waals surface area contributed by atoms with E-state index < -0.39 is 16.8 Å². The third-order valence-electron chi connectivity index (χ3n) is 5.30. The lowest BCUT2D eigenvalue weighted by Crippen LogP contribution is -2.18. The molecule has 0 saturated heterocycles. The van der Waals surface area contributed by atoms with Gasteiger partial charge in [0.25, 0.3) is 11.6 Å². The van der Waals surface area contributed by atoms with Gasteiger partial charge in [0, 0.05) is 17.7 Å². The topological polar surface area (TPSA) is 146 Å². The number of nitro groups is 1. The van der Waals surface area contributed by atoms with Gasteiger partial charge < -0.3 is 14.0 Å². The van der Waals surface area contributed by atoms with Gasteiger partial charge in [0.05, 0.1) is 23.3 Å². The van der Waals surface area contributed by atoms with Crippen LogP contribution < -0.4 is 14.9 Å². The van der Waals surface area contributed by atoms with E-state index in [4.69, 9.17) is 14.0 Å². The van der Waals surface area contributed by atoms with Crippen LogP contribution in [0.5, 0.6) is 11.5 Å². The molecule has 4 rings (SSSR count). The smallest absolute Gasteiger partial charge is 0.343 e. The van der Waals surface area contributed by atoms with Gasteiger partial charge in [-0.2, -0.15) is 5.10 Å². The van der Waals surface area contributed by atoms with Crippen molar-refractivity contribution in [1.82, 2.24) is 10.6 Å². The zero-order chi connectivity index (χ0) is 27.1. The number of hydrogen-bond acceptors (Lipinski definition) is 9. The van der Waals surface area contributed by atoms with Crippen LogP contribution in [0.4, 0.5) is 5.69 Å². The van der Waals surface area contributed by atoms with Gasteiger partial charge in [-0.25, -0.2) is 10.2 Å². The van der Waals surface area contributed by atoms with E-state index in [0.717, 1.165) is 5.56 Å². The van der Waals surface area contributed by atoms with Gasteiger partial charge >= 0.3 is 5.97 Å². The normalized spacial score (nSPS) is 10.8. The van der Waals surface area contributed by atoms with E-state index in [-0.39, 0.29) is 28.3 Å². The second-order valence-electron chi connectivity index (χ2n) is 7.86. The highest BCUT2D eigenvalue weighted by Gasteiger charge is 2.21. The monoisotopic (exact) mass is 514 g/mol. The highest BCUT2D eigenvalue weighted by Crippen LogP contribution is 2.29. The highest BCUT2D eigenvalue weighted by atomic mass is 16.6. The number of amides is 1. The second kappa shape index (κ2) is 11.6. The molecule has 0 aliphatic rings. The summed E-state index contributed by atoms with van der Waals surface area (Å²) in [6.45, 7) is 3.71. The maximum atomic E-state index is 12.8. The van der Waals surface area contributed by atoms with Gasteiger partial charge in [-0.15, -0.1) is 0 Å². The molecule has 4 aromatic rings. The van der Waals surface area contributed by atoms with Crippen molar-refractivity contribution in [3.05, 3.63) is 105 Å². The van der Waals surface area contributed by atoms with Crippen LogP contribution in [0.3, 0.4) is 0 Å². The minimum atomic E-state index is -0.701. The van der Waals surface area contributed by atoms with Crippen molar-refractivity contribution in [3.8, 4) is 22.8 Å². The fourth-order valence-electron chi connectivity index (χ4n) is 3.49. The molecule has 0 saturated carbocycles. The van der Waals surface area contributed by atoms with E-state index in [9.17, 15) is 19.7 Å². The fourth-order valence-corrected chi connectivity index (χ4v) is 3.49. The number of nitro benzene ring substituents is 1. The molecule has 0 fully saturated rings. The third kappa shape index (κ3) is 5.90. The lowest BCUT2D eigenvalue weighted by molar-refractivity contribution is -0.384. The average molecular weight is 514 g/mol. The molecule has 1 aromatic heterocycles. The Labute approximate surface area is 216 Å². The minimum Gasteiger partial charge on any atom is -0.490 e. The standard InChI is InChI=1S/C27H22N4O7/c1-3-36-23-15-18(9-14-22(23)37-27(33)20-10-12-21(13-11-20)31(34)35)16-28-29-26(32)24-17(2)38-30-25(24)19-7-5-4-6-8-19/h4-16H,3H2,1-2H3,(H,29,32)/b28-16-. The summed E-state index contributed by atoms with van der Waals surface area (Å²) in [6, 6.07) is 19.0. The molecule has 3 aromatic carbocycles. The molecule has 38 heavy (non-hydrogen) atoms. The number of ether oxygens (including phenoxy) is 2. The van der Waals surface area contributed by atoms with Crippen LogP contribution in [-0.4, -0.2) is 34.8 Å². The van der Waals surface area contributed by atoms with Crippen LogP contribution in [-0.2, 0) is 0 Å². The summed E-state index contributed by atoms with van der Waals surface area (Å²) < 4.78 is 16.3. The third-order valence-corrected chi connectivity index (χ3v) is 5.30. The van der Waals surface area contributed by atoms with Gasteiger partial charge in [-0.05, 0) is 49.7 Å². The van der Waals surface area contributed by atoms with Crippen LogP contribution in [0.1, 0.15) is 39.0 Å². The van der Waals surface area contributed by atoms with Crippen LogP contribution in [0.15, 0.2) is 82.4 Å². The van der Waals surface area contributed by atoms with Crippen LogP contribution >= 0.6 is 0 Å². The molecule has 0 spiro atoms. The molecule has 1 amide bonds. The predicted molar refractivity (Wildman–Crippen MR) is 137 cm³/mol. The zero-order valence-electron chi connectivity index (χ0n) is 20.4. The number of rotatable bonds is 9. The Balaban J connectivity index is 1.47. The number of hydrazone groups is 1. The lowest BCUT2D eigenvalue weighted by atomic mass is 10.1. The largest absolute Gasteiger partial charge is 0.490 e. The summed E-state index contributed by atoms with van der Waals surface area (Å²) in [4.78, 5) is 35.6. The molecule has 0 aliphatic carbocycles. The summed E-state index contributed by atoms with van der Waals surface area (Å²) in [5.74, 6) is -0.400.